The first-order valence-corrected chi connectivity index (χ1v) is 15.5. The normalized spacial score (nSPS) is 20.5. The van der Waals surface area contributed by atoms with Crippen LogP contribution < -0.4 is 10.6 Å². The third kappa shape index (κ3) is 8.32. The molecule has 1 aliphatic rings. The van der Waals surface area contributed by atoms with Gasteiger partial charge in [0.15, 0.2) is 17.2 Å². The van der Waals surface area contributed by atoms with E-state index in [9.17, 15) is 14.7 Å². The molecular formula is C33H37N5O5S. The second-order valence-corrected chi connectivity index (χ2v) is 11.9. The van der Waals surface area contributed by atoms with E-state index in [-0.39, 0.29) is 30.5 Å². The van der Waals surface area contributed by atoms with Gasteiger partial charge in [-0.15, -0.1) is 0 Å². The number of aromatic amines is 1. The van der Waals surface area contributed by atoms with Gasteiger partial charge < -0.3 is 25.2 Å². The maximum absolute atomic E-state index is 12.6. The number of aliphatic hydroxyl groups is 1. The van der Waals surface area contributed by atoms with Crippen LogP contribution in [-0.4, -0.2) is 50.0 Å². The molecular weight excluding hydrogens is 578 g/mol. The Labute approximate surface area is 261 Å². The van der Waals surface area contributed by atoms with E-state index in [2.05, 4.69) is 32.7 Å². The monoisotopic (exact) mass is 615 g/mol. The summed E-state index contributed by atoms with van der Waals surface area (Å²) < 4.78 is 13.0. The van der Waals surface area contributed by atoms with Crippen molar-refractivity contribution < 1.29 is 24.2 Å². The first-order chi connectivity index (χ1) is 21.4. The lowest BCUT2D eigenvalue weighted by Gasteiger charge is -2.41. The molecule has 230 valence electrons. The van der Waals surface area contributed by atoms with Crippen molar-refractivity contribution in [1.82, 2.24) is 25.8 Å². The molecule has 1 fully saturated rings. The Balaban J connectivity index is 1.22. The van der Waals surface area contributed by atoms with Crippen molar-refractivity contribution in [1.29, 1.82) is 0 Å². The zero-order valence-corrected chi connectivity index (χ0v) is 25.5. The number of urea groups is 1. The van der Waals surface area contributed by atoms with Gasteiger partial charge in [-0.25, -0.2) is 9.78 Å². The molecule has 0 bridgehead atoms. The Morgan fingerprint density at radius 1 is 0.955 bits per heavy atom. The summed E-state index contributed by atoms with van der Waals surface area (Å²) in [5.41, 5.74) is 4.59. The average molecular weight is 616 g/mol. The largest absolute Gasteiger partial charge is 0.392 e. The number of Topliss-reactive ketones (excluding diaryl/α,β-unsaturated/α-hetero) is 1. The number of carbonyl (C=O) groups is 2. The van der Waals surface area contributed by atoms with Gasteiger partial charge in [0.1, 0.15) is 6.33 Å². The second-order valence-electron chi connectivity index (χ2n) is 10.8. The number of carbonyl (C=O) groups excluding carboxylic acids is 2. The molecule has 2 amide bonds. The molecule has 5 atom stereocenters. The molecule has 11 heteroatoms. The van der Waals surface area contributed by atoms with Crippen molar-refractivity contribution in [3.05, 3.63) is 113 Å². The number of ketones is 1. The molecule has 3 aromatic carbocycles. The van der Waals surface area contributed by atoms with E-state index in [1.165, 1.54) is 13.3 Å². The predicted molar refractivity (Wildman–Crippen MR) is 167 cm³/mol. The minimum absolute atomic E-state index is 0.0165. The van der Waals surface area contributed by atoms with Gasteiger partial charge in [-0.3, -0.25) is 9.89 Å². The maximum atomic E-state index is 12.6. The Hall–Kier alpha value is -4.03. The standard InChI is InChI=1S/C33H37N5O5S/c1-21-29(19-44-33-35-20-36-38-33)42-31(43-30(21)26-12-10-25(18-39)11-13-26)27-14-8-24(9-15-27)17-34-32(41)37-28(22(2)40)16-23-6-4-3-5-7-23/h3-15,20-21,28-31,39H,16-19H2,1-2H3,(H2,34,37,41)(H,35,36,38). The van der Waals surface area contributed by atoms with Crippen LogP contribution in [0.2, 0.25) is 0 Å². The van der Waals surface area contributed by atoms with Gasteiger partial charge >= 0.3 is 6.03 Å². The number of aliphatic hydroxyl groups excluding tert-OH is 1. The molecule has 0 spiro atoms. The fourth-order valence-electron chi connectivity index (χ4n) is 5.07. The van der Waals surface area contributed by atoms with Crippen molar-refractivity contribution in [2.45, 2.75) is 63.1 Å². The van der Waals surface area contributed by atoms with E-state index < -0.39 is 18.4 Å². The molecule has 5 unspecified atom stereocenters. The summed E-state index contributed by atoms with van der Waals surface area (Å²) in [5, 5.41) is 22.7. The van der Waals surface area contributed by atoms with E-state index in [0.717, 1.165) is 33.0 Å². The first kappa shape index (κ1) is 31.4. The second kappa shape index (κ2) is 15.1. The van der Waals surface area contributed by atoms with Gasteiger partial charge in [-0.2, -0.15) is 5.10 Å². The molecule has 1 aromatic heterocycles. The number of hydrogen-bond acceptors (Lipinski definition) is 8. The quantitative estimate of drug-likeness (QED) is 0.166. The molecule has 0 radical (unpaired) electrons. The highest BCUT2D eigenvalue weighted by atomic mass is 32.2. The van der Waals surface area contributed by atoms with E-state index in [1.54, 1.807) is 11.8 Å². The number of rotatable bonds is 12. The summed E-state index contributed by atoms with van der Waals surface area (Å²) in [6, 6.07) is 24.1. The zero-order chi connectivity index (χ0) is 30.9. The summed E-state index contributed by atoms with van der Waals surface area (Å²) in [6.07, 6.45) is 0.951. The van der Waals surface area contributed by atoms with E-state index in [1.807, 2.05) is 78.9 Å². The van der Waals surface area contributed by atoms with Crippen LogP contribution in [-0.2, 0) is 33.8 Å². The topological polar surface area (TPSA) is 138 Å². The molecule has 5 rings (SSSR count). The van der Waals surface area contributed by atoms with Crippen molar-refractivity contribution in [3.8, 4) is 0 Å². The first-order valence-electron chi connectivity index (χ1n) is 14.6. The minimum Gasteiger partial charge on any atom is -0.392 e. The number of amides is 2. The predicted octanol–water partition coefficient (Wildman–Crippen LogP) is 4.88. The van der Waals surface area contributed by atoms with Crippen LogP contribution in [0.3, 0.4) is 0 Å². The summed E-state index contributed by atoms with van der Waals surface area (Å²) in [5.74, 6) is 0.601. The zero-order valence-electron chi connectivity index (χ0n) is 24.7. The molecule has 0 saturated carbocycles. The number of aromatic nitrogens is 3. The summed E-state index contributed by atoms with van der Waals surface area (Å²) in [4.78, 5) is 29.0. The van der Waals surface area contributed by atoms with Crippen molar-refractivity contribution in [3.63, 3.8) is 0 Å². The molecule has 2 heterocycles. The van der Waals surface area contributed by atoms with Crippen LogP contribution in [0, 0.1) is 5.92 Å². The summed E-state index contributed by atoms with van der Waals surface area (Å²) in [6.45, 7) is 3.87. The highest BCUT2D eigenvalue weighted by molar-refractivity contribution is 7.99. The van der Waals surface area contributed by atoms with Crippen LogP contribution in [0.5, 0.6) is 0 Å². The molecule has 1 aliphatic heterocycles. The van der Waals surface area contributed by atoms with Crippen molar-refractivity contribution in [2.75, 3.05) is 5.75 Å². The average Bonchev–Trinajstić information content (AvgIpc) is 3.58. The molecule has 4 aromatic rings. The number of nitrogens with one attached hydrogen (secondary N) is 3. The fraction of sp³-hybridized carbons (Fsp3) is 0.333. The number of thioether (sulfide) groups is 1. The number of H-pyrrole nitrogens is 1. The maximum Gasteiger partial charge on any atom is 0.315 e. The Morgan fingerprint density at radius 3 is 2.32 bits per heavy atom. The number of ether oxygens (including phenoxy) is 2. The van der Waals surface area contributed by atoms with E-state index in [4.69, 9.17) is 9.47 Å². The molecule has 1 saturated heterocycles. The molecule has 44 heavy (non-hydrogen) atoms. The Kier molecular flexibility index (Phi) is 10.8. The van der Waals surface area contributed by atoms with Crippen molar-refractivity contribution >= 4 is 23.6 Å². The lowest BCUT2D eigenvalue weighted by atomic mass is 9.91. The van der Waals surface area contributed by atoms with E-state index >= 15 is 0 Å². The van der Waals surface area contributed by atoms with Crippen LogP contribution in [0.15, 0.2) is 90.3 Å². The van der Waals surface area contributed by atoms with Gasteiger partial charge in [0.05, 0.1) is 24.9 Å². The molecule has 4 N–H and O–H groups in total. The van der Waals surface area contributed by atoms with E-state index in [0.29, 0.717) is 18.7 Å². The Morgan fingerprint density at radius 2 is 1.66 bits per heavy atom. The SMILES string of the molecule is CC(=O)C(Cc1ccccc1)NC(=O)NCc1ccc(C2OC(CSc3ncn[nH]3)C(C)C(c3ccc(CO)cc3)O2)cc1. The highest BCUT2D eigenvalue weighted by Gasteiger charge is 2.38. The van der Waals surface area contributed by atoms with Crippen molar-refractivity contribution in [2.24, 2.45) is 5.92 Å². The number of benzene rings is 3. The van der Waals surface area contributed by atoms with Gasteiger partial charge in [0.25, 0.3) is 0 Å². The third-order valence-corrected chi connectivity index (χ3v) is 8.65. The lowest BCUT2D eigenvalue weighted by Crippen LogP contribution is -2.46. The summed E-state index contributed by atoms with van der Waals surface area (Å²) in [7, 11) is 0. The van der Waals surface area contributed by atoms with Gasteiger partial charge in [-0.05, 0) is 35.6 Å². The summed E-state index contributed by atoms with van der Waals surface area (Å²) >= 11 is 1.55. The van der Waals surface area contributed by atoms with Gasteiger partial charge in [0, 0.05) is 23.8 Å². The van der Waals surface area contributed by atoms with Gasteiger partial charge in [0.2, 0.25) is 0 Å². The number of nitrogens with zero attached hydrogens (tertiary/aromatic N) is 2. The highest BCUT2D eigenvalue weighted by Crippen LogP contribution is 2.42. The fourth-order valence-corrected chi connectivity index (χ4v) is 6.01. The van der Waals surface area contributed by atoms with Crippen LogP contribution in [0.4, 0.5) is 4.79 Å². The Bertz CT molecular complexity index is 1490. The smallest absolute Gasteiger partial charge is 0.315 e. The third-order valence-electron chi connectivity index (χ3n) is 7.68. The molecule has 10 nitrogen and oxygen atoms in total. The van der Waals surface area contributed by atoms with Crippen LogP contribution in [0.1, 0.15) is 54.1 Å². The number of hydrogen-bond donors (Lipinski definition) is 4. The molecule has 0 aliphatic carbocycles. The van der Waals surface area contributed by atoms with Crippen LogP contribution in [0.25, 0.3) is 0 Å². The van der Waals surface area contributed by atoms with Crippen LogP contribution >= 0.6 is 11.8 Å². The van der Waals surface area contributed by atoms with Gasteiger partial charge in [-0.1, -0.05) is 97.5 Å². The minimum atomic E-state index is -0.606. The lowest BCUT2D eigenvalue weighted by molar-refractivity contribution is -0.268.